The van der Waals surface area contributed by atoms with E-state index in [0.717, 1.165) is 28.0 Å². The van der Waals surface area contributed by atoms with Crippen molar-refractivity contribution in [2.75, 3.05) is 25.6 Å². The molecule has 5 nitrogen and oxygen atoms in total. The molecule has 1 aromatic carbocycles. The lowest BCUT2D eigenvalue weighted by atomic mass is 10.1. The van der Waals surface area contributed by atoms with Gasteiger partial charge in [-0.05, 0) is 70.5 Å². The first-order valence-electron chi connectivity index (χ1n) is 8.02. The maximum absolute atomic E-state index is 5.75. The molecule has 0 aliphatic rings. The molecule has 2 rings (SSSR count). The molecule has 0 fully saturated rings. The average molecular weight is 434 g/mol. The molecule has 0 saturated heterocycles. The highest BCUT2D eigenvalue weighted by atomic mass is 79.9. The molecule has 7 heteroatoms. The zero-order valence-corrected chi connectivity index (χ0v) is 16.8. The van der Waals surface area contributed by atoms with Crippen LogP contribution in [0.5, 0.6) is 11.5 Å². The van der Waals surface area contributed by atoms with Crippen LogP contribution in [0.25, 0.3) is 0 Å². The molecule has 0 spiro atoms. The monoisotopic (exact) mass is 433 g/mol. The van der Waals surface area contributed by atoms with Gasteiger partial charge in [-0.3, -0.25) is 0 Å². The zero-order chi connectivity index (χ0) is 18.8. The SMILES string of the molecule is C#CCCOc1ccc(OC)cc1CCNC(=S)Nc1ccc(Br)cn1. The van der Waals surface area contributed by atoms with Crippen molar-refractivity contribution >= 4 is 39.1 Å². The number of hydrogen-bond donors (Lipinski definition) is 2. The van der Waals surface area contributed by atoms with Crippen molar-refractivity contribution in [1.82, 2.24) is 10.3 Å². The number of pyridine rings is 1. The minimum Gasteiger partial charge on any atom is -0.497 e. The molecule has 0 aliphatic carbocycles. The molecule has 2 N–H and O–H groups in total. The van der Waals surface area contributed by atoms with E-state index in [-0.39, 0.29) is 0 Å². The Balaban J connectivity index is 1.89. The predicted molar refractivity (Wildman–Crippen MR) is 112 cm³/mol. The summed E-state index contributed by atoms with van der Waals surface area (Å²) >= 11 is 8.65. The Kier molecular flexibility index (Phi) is 8.19. The standard InChI is InChI=1S/C19H20BrN3O2S/c1-3-4-11-25-17-7-6-16(24-2)12-14(17)9-10-21-19(26)23-18-8-5-15(20)13-22-18/h1,5-8,12-13H,4,9-11H2,2H3,(H2,21,22,23,26). The van der Waals surface area contributed by atoms with Gasteiger partial charge < -0.3 is 20.1 Å². The largest absolute Gasteiger partial charge is 0.497 e. The van der Waals surface area contributed by atoms with E-state index in [1.807, 2.05) is 30.3 Å². The Hall–Kier alpha value is -2.30. The van der Waals surface area contributed by atoms with Gasteiger partial charge in [0, 0.05) is 23.6 Å². The molecule has 26 heavy (non-hydrogen) atoms. The van der Waals surface area contributed by atoms with Crippen molar-refractivity contribution in [1.29, 1.82) is 0 Å². The predicted octanol–water partition coefficient (Wildman–Crippen LogP) is 3.78. The third-order valence-electron chi connectivity index (χ3n) is 3.42. The van der Waals surface area contributed by atoms with E-state index < -0.39 is 0 Å². The molecule has 0 atom stereocenters. The summed E-state index contributed by atoms with van der Waals surface area (Å²) in [7, 11) is 1.64. The maximum Gasteiger partial charge on any atom is 0.171 e. The summed E-state index contributed by atoms with van der Waals surface area (Å²) in [6, 6.07) is 9.46. The number of hydrogen-bond acceptors (Lipinski definition) is 4. The maximum atomic E-state index is 5.75. The molecular weight excluding hydrogens is 414 g/mol. The summed E-state index contributed by atoms with van der Waals surface area (Å²) in [5.41, 5.74) is 1.03. The van der Waals surface area contributed by atoms with Crippen LogP contribution < -0.4 is 20.1 Å². The number of rotatable bonds is 8. The smallest absolute Gasteiger partial charge is 0.171 e. The zero-order valence-electron chi connectivity index (χ0n) is 14.4. The lowest BCUT2D eigenvalue weighted by Gasteiger charge is -2.14. The number of aromatic nitrogens is 1. The Bertz CT molecular complexity index is 775. The number of methoxy groups -OCH3 is 1. The van der Waals surface area contributed by atoms with Gasteiger partial charge >= 0.3 is 0 Å². The molecule has 0 amide bonds. The molecule has 1 aromatic heterocycles. The fraction of sp³-hybridized carbons (Fsp3) is 0.263. The van der Waals surface area contributed by atoms with Crippen LogP contribution in [0.2, 0.25) is 0 Å². The molecular formula is C19H20BrN3O2S. The molecule has 0 saturated carbocycles. The second-order valence-corrected chi connectivity index (χ2v) is 6.59. The number of anilines is 1. The molecule has 0 bridgehead atoms. The molecule has 0 aliphatic heterocycles. The van der Waals surface area contributed by atoms with Crippen molar-refractivity contribution in [2.24, 2.45) is 0 Å². The average Bonchev–Trinajstić information content (AvgIpc) is 2.64. The van der Waals surface area contributed by atoms with Gasteiger partial charge in [0.15, 0.2) is 5.11 Å². The highest BCUT2D eigenvalue weighted by Crippen LogP contribution is 2.24. The van der Waals surface area contributed by atoms with Crippen LogP contribution in [0.1, 0.15) is 12.0 Å². The Labute approximate surface area is 167 Å². The lowest BCUT2D eigenvalue weighted by Crippen LogP contribution is -2.30. The topological polar surface area (TPSA) is 55.4 Å². The summed E-state index contributed by atoms with van der Waals surface area (Å²) in [6.07, 6.45) is 8.27. The lowest BCUT2D eigenvalue weighted by molar-refractivity contribution is 0.322. The van der Waals surface area contributed by atoms with E-state index in [9.17, 15) is 0 Å². The van der Waals surface area contributed by atoms with Crippen LogP contribution in [0.3, 0.4) is 0 Å². The van der Waals surface area contributed by atoms with Gasteiger partial charge in [-0.2, -0.15) is 0 Å². The van der Waals surface area contributed by atoms with Crippen LogP contribution in [0, 0.1) is 12.3 Å². The Morgan fingerprint density at radius 2 is 2.19 bits per heavy atom. The number of benzene rings is 1. The van der Waals surface area contributed by atoms with Gasteiger partial charge in [-0.25, -0.2) is 4.98 Å². The van der Waals surface area contributed by atoms with Crippen LogP contribution in [-0.4, -0.2) is 30.4 Å². The van der Waals surface area contributed by atoms with Crippen molar-refractivity contribution < 1.29 is 9.47 Å². The van der Waals surface area contributed by atoms with E-state index in [0.29, 0.717) is 30.5 Å². The highest BCUT2D eigenvalue weighted by Gasteiger charge is 2.07. The summed E-state index contributed by atoms with van der Waals surface area (Å²) in [6.45, 7) is 1.12. The minimum atomic E-state index is 0.485. The van der Waals surface area contributed by atoms with Gasteiger partial charge in [-0.15, -0.1) is 12.3 Å². The summed E-state index contributed by atoms with van der Waals surface area (Å²) < 4.78 is 12.0. The summed E-state index contributed by atoms with van der Waals surface area (Å²) in [5, 5.41) is 6.72. The third-order valence-corrected chi connectivity index (χ3v) is 4.14. The normalized spacial score (nSPS) is 9.88. The molecule has 2 aromatic rings. The van der Waals surface area contributed by atoms with E-state index in [4.69, 9.17) is 28.1 Å². The van der Waals surface area contributed by atoms with Crippen molar-refractivity contribution in [3.05, 3.63) is 46.6 Å². The van der Waals surface area contributed by atoms with Gasteiger partial charge in [0.25, 0.3) is 0 Å². The van der Waals surface area contributed by atoms with Gasteiger partial charge in [-0.1, -0.05) is 0 Å². The number of nitrogens with zero attached hydrogens (tertiary/aromatic N) is 1. The third kappa shape index (κ3) is 6.54. The van der Waals surface area contributed by atoms with Crippen molar-refractivity contribution in [3.63, 3.8) is 0 Å². The second kappa shape index (κ2) is 10.6. The summed E-state index contributed by atoms with van der Waals surface area (Å²) in [5.74, 6) is 4.84. The first-order chi connectivity index (χ1) is 12.6. The van der Waals surface area contributed by atoms with Crippen LogP contribution >= 0.6 is 28.1 Å². The van der Waals surface area contributed by atoms with E-state index in [2.05, 4.69) is 37.5 Å². The molecule has 0 radical (unpaired) electrons. The first kappa shape index (κ1) is 20.0. The Morgan fingerprint density at radius 1 is 1.35 bits per heavy atom. The number of ether oxygens (including phenoxy) is 2. The van der Waals surface area contributed by atoms with Gasteiger partial charge in [0.05, 0.1) is 13.7 Å². The van der Waals surface area contributed by atoms with Crippen molar-refractivity contribution in [3.8, 4) is 23.8 Å². The number of terminal acetylenes is 1. The number of halogens is 1. The molecule has 0 unspecified atom stereocenters. The molecule has 1 heterocycles. The van der Waals surface area contributed by atoms with Gasteiger partial charge in [0.2, 0.25) is 0 Å². The first-order valence-corrected chi connectivity index (χ1v) is 9.22. The van der Waals surface area contributed by atoms with E-state index in [1.54, 1.807) is 13.3 Å². The van der Waals surface area contributed by atoms with Gasteiger partial charge in [0.1, 0.15) is 17.3 Å². The number of nitrogens with one attached hydrogen (secondary N) is 2. The van der Waals surface area contributed by atoms with E-state index in [1.165, 1.54) is 0 Å². The Morgan fingerprint density at radius 3 is 2.88 bits per heavy atom. The second-order valence-electron chi connectivity index (χ2n) is 5.27. The van der Waals surface area contributed by atoms with Crippen LogP contribution in [0.15, 0.2) is 41.0 Å². The fourth-order valence-electron chi connectivity index (χ4n) is 2.16. The minimum absolute atomic E-state index is 0.485. The van der Waals surface area contributed by atoms with Crippen molar-refractivity contribution in [2.45, 2.75) is 12.8 Å². The quantitative estimate of drug-likeness (QED) is 0.375. The molecule has 136 valence electrons. The highest BCUT2D eigenvalue weighted by molar-refractivity contribution is 9.10. The fourth-order valence-corrected chi connectivity index (χ4v) is 2.60. The van der Waals surface area contributed by atoms with Crippen LogP contribution in [0.4, 0.5) is 5.82 Å². The van der Waals surface area contributed by atoms with E-state index >= 15 is 0 Å². The summed E-state index contributed by atoms with van der Waals surface area (Å²) in [4.78, 5) is 4.22. The van der Waals surface area contributed by atoms with Crippen LogP contribution in [-0.2, 0) is 6.42 Å². The number of thiocarbonyl (C=S) groups is 1.